The molecule has 4 aromatic carbocycles. The van der Waals surface area contributed by atoms with Gasteiger partial charge in [-0.1, -0.05) is 53.6 Å². The maximum atomic E-state index is 8.89. The minimum absolute atomic E-state index is 0.0494. The number of benzene rings is 4. The molecule has 0 atom stereocenters. The number of nitrogens with two attached hydrogens (primary N) is 1. The summed E-state index contributed by atoms with van der Waals surface area (Å²) in [7, 11) is 0. The second-order valence-corrected chi connectivity index (χ2v) is 7.14. The van der Waals surface area contributed by atoms with E-state index in [1.54, 1.807) is 11.0 Å². The third kappa shape index (κ3) is 2.58. The quantitative estimate of drug-likeness (QED) is 0.149. The Morgan fingerprint density at radius 2 is 1.72 bits per heavy atom. The fourth-order valence-corrected chi connectivity index (χ4v) is 4.44. The molecule has 0 aliphatic heterocycles. The van der Waals surface area contributed by atoms with Crippen LogP contribution in [0.25, 0.3) is 32.0 Å². The Balaban J connectivity index is 1.79. The van der Waals surface area contributed by atoms with Gasteiger partial charge in [0.2, 0.25) is 0 Å². The van der Waals surface area contributed by atoms with Crippen LogP contribution in [0.5, 0.6) is 0 Å². The molecule has 4 aromatic rings. The van der Waals surface area contributed by atoms with Gasteiger partial charge in [-0.25, -0.2) is 0 Å². The predicted molar refractivity (Wildman–Crippen MR) is 118 cm³/mol. The van der Waals surface area contributed by atoms with Crippen LogP contribution < -0.4 is 10.6 Å². The van der Waals surface area contributed by atoms with Gasteiger partial charge in [-0.05, 0) is 63.9 Å². The summed E-state index contributed by atoms with van der Waals surface area (Å²) in [6.45, 7) is 0. The first-order chi connectivity index (χ1) is 14.2. The Hall–Kier alpha value is -4.02. The summed E-state index contributed by atoms with van der Waals surface area (Å²) in [6, 6.07) is 21.9. The molecule has 5 rings (SSSR count). The number of fused-ring (bicyclic) bond motifs is 1. The first kappa shape index (κ1) is 17.1. The van der Waals surface area contributed by atoms with E-state index in [-0.39, 0.29) is 5.96 Å². The van der Waals surface area contributed by atoms with Crippen molar-refractivity contribution in [3.63, 3.8) is 0 Å². The highest BCUT2D eigenvalue weighted by atomic mass is 15.2. The number of nitrogens with one attached hydrogen (secondary N) is 1. The molecular weight excluding hydrogens is 360 g/mol. The van der Waals surface area contributed by atoms with Crippen molar-refractivity contribution in [2.45, 2.75) is 12.8 Å². The molecule has 0 unspecified atom stereocenters. The summed E-state index contributed by atoms with van der Waals surface area (Å²) in [5, 5.41) is 16.4. The van der Waals surface area contributed by atoms with Crippen molar-refractivity contribution in [1.82, 2.24) is 0 Å². The van der Waals surface area contributed by atoms with E-state index in [0.29, 0.717) is 5.69 Å². The van der Waals surface area contributed by atoms with E-state index in [1.807, 2.05) is 36.4 Å². The van der Waals surface area contributed by atoms with Crippen LogP contribution in [-0.4, -0.2) is 5.96 Å². The van der Waals surface area contributed by atoms with Crippen LogP contribution in [0, 0.1) is 5.41 Å². The van der Waals surface area contributed by atoms with Gasteiger partial charge in [-0.15, -0.1) is 0 Å². The van der Waals surface area contributed by atoms with E-state index in [0.717, 1.165) is 35.0 Å². The average Bonchev–Trinajstić information content (AvgIpc) is 3.17. The first-order valence-corrected chi connectivity index (χ1v) is 9.43. The molecule has 0 radical (unpaired) electrons. The van der Waals surface area contributed by atoms with Crippen molar-refractivity contribution in [2.24, 2.45) is 10.8 Å². The SMILES string of the molecule is [N-]=[N+]=Nc1ccc(N(C(=N)N)c2ccc3cccc4c3c2CC4)c2ccccc12. The molecule has 0 heterocycles. The largest absolute Gasteiger partial charge is 0.369 e. The van der Waals surface area contributed by atoms with Crippen LogP contribution in [0.4, 0.5) is 17.1 Å². The van der Waals surface area contributed by atoms with Crippen LogP contribution in [0.15, 0.2) is 71.8 Å². The number of guanidine groups is 1. The number of rotatable bonds is 3. The number of nitrogens with zero attached hydrogens (tertiary/aromatic N) is 4. The molecule has 0 saturated carbocycles. The fraction of sp³-hybridized carbons (Fsp3) is 0.0870. The Morgan fingerprint density at radius 1 is 0.931 bits per heavy atom. The maximum Gasteiger partial charge on any atom is 0.197 e. The second-order valence-electron chi connectivity index (χ2n) is 7.14. The van der Waals surface area contributed by atoms with Crippen molar-refractivity contribution in [3.8, 4) is 0 Å². The van der Waals surface area contributed by atoms with Gasteiger partial charge in [0.05, 0.1) is 11.4 Å². The van der Waals surface area contributed by atoms with Crippen LogP contribution in [-0.2, 0) is 12.8 Å². The average molecular weight is 378 g/mol. The molecule has 0 spiro atoms. The van der Waals surface area contributed by atoms with Gasteiger partial charge in [0, 0.05) is 16.0 Å². The highest BCUT2D eigenvalue weighted by Gasteiger charge is 2.24. The van der Waals surface area contributed by atoms with E-state index in [2.05, 4.69) is 34.3 Å². The smallest absolute Gasteiger partial charge is 0.197 e. The van der Waals surface area contributed by atoms with E-state index < -0.39 is 0 Å². The third-order valence-electron chi connectivity index (χ3n) is 5.61. The van der Waals surface area contributed by atoms with Gasteiger partial charge in [0.25, 0.3) is 0 Å². The summed E-state index contributed by atoms with van der Waals surface area (Å²) < 4.78 is 0. The lowest BCUT2D eigenvalue weighted by Gasteiger charge is -2.27. The van der Waals surface area contributed by atoms with Gasteiger partial charge in [0.1, 0.15) is 0 Å². The summed E-state index contributed by atoms with van der Waals surface area (Å²) in [4.78, 5) is 4.73. The highest BCUT2D eigenvalue weighted by molar-refractivity contribution is 6.12. The van der Waals surface area contributed by atoms with E-state index in [4.69, 9.17) is 16.7 Å². The molecule has 6 nitrogen and oxygen atoms in total. The molecule has 29 heavy (non-hydrogen) atoms. The van der Waals surface area contributed by atoms with Crippen LogP contribution in [0.1, 0.15) is 11.1 Å². The molecule has 0 aromatic heterocycles. The predicted octanol–water partition coefficient (Wildman–Crippen LogP) is 6.06. The molecule has 140 valence electrons. The zero-order chi connectivity index (χ0) is 20.0. The maximum absolute atomic E-state index is 8.89. The second kappa shape index (κ2) is 6.55. The standard InChI is InChI=1S/C23H18N6/c24-23(25)29(20-13-11-19(27-28-26)16-6-1-2-7-17(16)20)21-12-9-15-5-3-4-14-8-10-18(21)22(14)15/h1-7,9,11-13H,8,10H2,(H3,24,25). The van der Waals surface area contributed by atoms with Gasteiger partial charge in [0.15, 0.2) is 5.96 Å². The monoisotopic (exact) mass is 378 g/mol. The van der Waals surface area contributed by atoms with Crippen molar-refractivity contribution < 1.29 is 0 Å². The summed E-state index contributed by atoms with van der Waals surface area (Å²) in [6.07, 6.45) is 1.91. The van der Waals surface area contributed by atoms with Crippen LogP contribution in [0.2, 0.25) is 0 Å². The third-order valence-corrected chi connectivity index (χ3v) is 5.61. The molecule has 3 N–H and O–H groups in total. The normalized spacial score (nSPS) is 12.1. The lowest BCUT2D eigenvalue weighted by molar-refractivity contribution is 1.02. The summed E-state index contributed by atoms with van der Waals surface area (Å²) in [5.74, 6) is -0.0494. The van der Waals surface area contributed by atoms with Gasteiger partial charge in [-0.3, -0.25) is 10.3 Å². The first-order valence-electron chi connectivity index (χ1n) is 9.43. The molecule has 1 aliphatic rings. The van der Waals surface area contributed by atoms with Crippen molar-refractivity contribution >= 4 is 44.6 Å². The van der Waals surface area contributed by atoms with Gasteiger partial charge >= 0.3 is 0 Å². The van der Waals surface area contributed by atoms with Crippen LogP contribution in [0.3, 0.4) is 0 Å². The number of anilines is 2. The molecule has 1 aliphatic carbocycles. The number of hydrogen-bond acceptors (Lipinski definition) is 2. The Kier molecular flexibility index (Phi) is 3.86. The van der Waals surface area contributed by atoms with Crippen molar-refractivity contribution in [1.29, 1.82) is 5.41 Å². The topological polar surface area (TPSA) is 102 Å². The molecule has 0 saturated heterocycles. The van der Waals surface area contributed by atoms with E-state index in [1.165, 1.54) is 21.9 Å². The highest BCUT2D eigenvalue weighted by Crippen LogP contribution is 2.42. The zero-order valence-corrected chi connectivity index (χ0v) is 15.6. The lowest BCUT2D eigenvalue weighted by atomic mass is 10.0. The lowest BCUT2D eigenvalue weighted by Crippen LogP contribution is -2.33. The van der Waals surface area contributed by atoms with Crippen molar-refractivity contribution in [2.75, 3.05) is 4.90 Å². The number of aryl methyl sites for hydroxylation is 2. The van der Waals surface area contributed by atoms with E-state index >= 15 is 0 Å². The Morgan fingerprint density at radius 3 is 2.52 bits per heavy atom. The zero-order valence-electron chi connectivity index (χ0n) is 15.6. The molecule has 6 heteroatoms. The molecular formula is C23H18N6. The summed E-state index contributed by atoms with van der Waals surface area (Å²) >= 11 is 0. The minimum atomic E-state index is -0.0494. The molecule has 0 fully saturated rings. The molecule has 0 amide bonds. The Bertz CT molecular complexity index is 1350. The Labute approximate surface area is 167 Å². The molecule has 0 bridgehead atoms. The summed E-state index contributed by atoms with van der Waals surface area (Å²) in [5.41, 5.74) is 19.8. The van der Waals surface area contributed by atoms with Crippen molar-refractivity contribution in [3.05, 3.63) is 88.3 Å². The van der Waals surface area contributed by atoms with E-state index in [9.17, 15) is 0 Å². The van der Waals surface area contributed by atoms with Gasteiger partial charge in [-0.2, -0.15) is 0 Å². The fourth-order valence-electron chi connectivity index (χ4n) is 4.44. The van der Waals surface area contributed by atoms with Gasteiger partial charge < -0.3 is 5.73 Å². The number of azide groups is 1. The minimum Gasteiger partial charge on any atom is -0.369 e. The van der Waals surface area contributed by atoms with Crippen LogP contribution >= 0.6 is 0 Å². The number of hydrogen-bond donors (Lipinski definition) is 2.